The van der Waals surface area contributed by atoms with Crippen molar-refractivity contribution in [2.24, 2.45) is 0 Å². The van der Waals surface area contributed by atoms with Gasteiger partial charge in [-0.15, -0.1) is 39.7 Å². The molecule has 0 atom stereocenters. The Morgan fingerprint density at radius 1 is 0.450 bits per heavy atom. The number of alkyl halides is 6. The van der Waals surface area contributed by atoms with Crippen LogP contribution < -0.4 is 0 Å². The number of rotatable bonds is 4. The fraction of sp³-hybridized carbons (Fsp3) is 0.189. The molecule has 0 amide bonds. The molecule has 0 saturated heterocycles. The predicted molar refractivity (Wildman–Crippen MR) is 233 cm³/mol. The van der Waals surface area contributed by atoms with Crippen LogP contribution in [0.15, 0.2) is 170 Å². The summed E-state index contributed by atoms with van der Waals surface area (Å²) >= 11 is 0.729. The van der Waals surface area contributed by atoms with Crippen molar-refractivity contribution < 1.29 is 50.6 Å². The van der Waals surface area contributed by atoms with Gasteiger partial charge in [0.1, 0.15) is 0 Å². The predicted octanol–water partition coefficient (Wildman–Crippen LogP) is 15.9. The molecule has 0 saturated carbocycles. The summed E-state index contributed by atoms with van der Waals surface area (Å²) in [5.74, 6) is 0. The van der Waals surface area contributed by atoms with Crippen molar-refractivity contribution in [3.8, 4) is 22.3 Å². The van der Waals surface area contributed by atoms with Crippen LogP contribution in [0.25, 0.3) is 43.8 Å². The van der Waals surface area contributed by atoms with Gasteiger partial charge in [0.15, 0.2) is 0 Å². The van der Waals surface area contributed by atoms with Crippen molar-refractivity contribution >= 4 is 24.8 Å². The van der Waals surface area contributed by atoms with E-state index in [1.165, 1.54) is 79.2 Å². The minimum atomic E-state index is -4.49. The maximum atomic E-state index is 12.7. The van der Waals surface area contributed by atoms with Gasteiger partial charge in [-0.1, -0.05) is 114 Å². The molecule has 0 spiro atoms. The molecule has 304 valence electrons. The van der Waals surface area contributed by atoms with Gasteiger partial charge in [-0.3, -0.25) is 0 Å². The standard InChI is InChI=1S/C33H33.C15H8F6.C5H5.Zr/c1-32(2,3)30-20-26-24(18-28(30)22-13-9-7-10-14-22)17-25-19-29(23-15-11-8-12-16-23)31(21-27(25)26)33(4,5)6;16-14(17,18)12-5-1-3-10(8-12)7-11-4-2-6-13(9-11)15(19,20)21;1-2-4-5-3-1;/h7-21H,1-6H3;1-6,8-9H;1-5H;/q-1;;-1;+2. The van der Waals surface area contributed by atoms with Gasteiger partial charge in [0, 0.05) is 0 Å². The van der Waals surface area contributed by atoms with Gasteiger partial charge in [-0.05, 0) is 44.2 Å². The van der Waals surface area contributed by atoms with E-state index in [0.717, 1.165) is 48.5 Å². The van der Waals surface area contributed by atoms with Crippen LogP contribution in [0.2, 0.25) is 0 Å². The molecule has 0 aromatic heterocycles. The molecular weight excluding hydrogens is 842 g/mol. The summed E-state index contributed by atoms with van der Waals surface area (Å²) in [5, 5.41) is 5.36. The van der Waals surface area contributed by atoms with E-state index in [-0.39, 0.29) is 22.0 Å². The quantitative estimate of drug-likeness (QED) is 0.122. The van der Waals surface area contributed by atoms with Crippen molar-refractivity contribution in [3.63, 3.8) is 0 Å². The number of hydrogen-bond donors (Lipinski definition) is 0. The monoisotopic (exact) mass is 886 g/mol. The van der Waals surface area contributed by atoms with Gasteiger partial charge >= 0.3 is 137 Å². The summed E-state index contributed by atoms with van der Waals surface area (Å²) in [6.45, 7) is 13.9. The van der Waals surface area contributed by atoms with Crippen molar-refractivity contribution in [2.75, 3.05) is 0 Å². The van der Waals surface area contributed by atoms with E-state index < -0.39 is 23.5 Å². The summed E-state index contributed by atoms with van der Waals surface area (Å²) in [6, 6.07) is 52.9. The van der Waals surface area contributed by atoms with Crippen LogP contribution in [-0.2, 0) is 47.4 Å². The zero-order valence-electron chi connectivity index (χ0n) is 34.4. The Morgan fingerprint density at radius 3 is 1.15 bits per heavy atom. The molecule has 8 rings (SSSR count). The minimum Gasteiger partial charge on any atom is -0.214 e. The second-order valence-corrected chi connectivity index (χ2v) is 18.1. The van der Waals surface area contributed by atoms with Crippen molar-refractivity contribution in [1.29, 1.82) is 0 Å². The molecule has 8 aromatic rings. The molecule has 0 N–H and O–H groups in total. The van der Waals surface area contributed by atoms with Crippen LogP contribution in [0.4, 0.5) is 26.3 Å². The van der Waals surface area contributed by atoms with Crippen molar-refractivity contribution in [3.05, 3.63) is 203 Å². The first-order chi connectivity index (χ1) is 28.2. The van der Waals surface area contributed by atoms with Gasteiger partial charge in [0.2, 0.25) is 0 Å². The van der Waals surface area contributed by atoms with Crippen LogP contribution in [0.3, 0.4) is 0 Å². The molecule has 0 aliphatic rings. The van der Waals surface area contributed by atoms with Crippen molar-refractivity contribution in [2.45, 2.75) is 64.7 Å². The first-order valence-electron chi connectivity index (χ1n) is 19.7. The van der Waals surface area contributed by atoms with Crippen LogP contribution in [0.1, 0.15) is 74.9 Å². The average Bonchev–Trinajstić information content (AvgIpc) is 3.91. The van der Waals surface area contributed by atoms with Crippen LogP contribution in [0.5, 0.6) is 0 Å². The summed E-state index contributed by atoms with van der Waals surface area (Å²) in [5.41, 5.74) is 7.06. The first-order valence-corrected chi connectivity index (χ1v) is 20.9. The van der Waals surface area contributed by atoms with Gasteiger partial charge in [0.25, 0.3) is 0 Å². The summed E-state index contributed by atoms with van der Waals surface area (Å²) < 4.78 is 76.7. The molecule has 0 radical (unpaired) electrons. The summed E-state index contributed by atoms with van der Waals surface area (Å²) in [4.78, 5) is 0. The summed E-state index contributed by atoms with van der Waals surface area (Å²) in [7, 11) is 0. The third-order valence-electron chi connectivity index (χ3n) is 10.3. The Hall–Kier alpha value is -5.13. The zero-order chi connectivity index (χ0) is 43.5. The molecule has 0 bridgehead atoms. The Bertz CT molecular complexity index is 2500. The van der Waals surface area contributed by atoms with Gasteiger partial charge < -0.3 is 0 Å². The molecule has 0 fully saturated rings. The molecule has 0 aliphatic carbocycles. The van der Waals surface area contributed by atoms with Crippen LogP contribution in [0, 0.1) is 0 Å². The molecule has 8 aromatic carbocycles. The number of halogens is 6. The third-order valence-corrected chi connectivity index (χ3v) is 11.7. The Balaban J connectivity index is 0.000000192. The zero-order valence-corrected chi connectivity index (χ0v) is 36.9. The third kappa shape index (κ3) is 10.6. The Labute approximate surface area is 363 Å². The number of hydrogen-bond acceptors (Lipinski definition) is 0. The van der Waals surface area contributed by atoms with E-state index >= 15 is 0 Å². The maximum absolute atomic E-state index is 12.7. The fourth-order valence-electron chi connectivity index (χ4n) is 7.25. The average molecular weight is 888 g/mol. The molecule has 0 nitrogen and oxygen atoms in total. The molecule has 0 unspecified atom stereocenters. The van der Waals surface area contributed by atoms with E-state index in [0.29, 0.717) is 3.21 Å². The largest absolute Gasteiger partial charge is 0.214 e. The van der Waals surface area contributed by atoms with Gasteiger partial charge in [-0.25, -0.2) is 12.1 Å². The molecule has 0 aliphatic heterocycles. The second-order valence-electron chi connectivity index (χ2n) is 16.8. The van der Waals surface area contributed by atoms with Crippen LogP contribution >= 0.6 is 0 Å². The Morgan fingerprint density at radius 2 is 0.833 bits per heavy atom. The minimum absolute atomic E-state index is 0.0554. The van der Waals surface area contributed by atoms with Gasteiger partial charge in [0.05, 0.1) is 0 Å². The molecular formula is C53H46F6Zr. The first kappa shape index (κ1) is 44.4. The second kappa shape index (κ2) is 17.8. The molecule has 60 heavy (non-hydrogen) atoms. The van der Waals surface area contributed by atoms with E-state index in [1.54, 1.807) is 0 Å². The smallest absolute Gasteiger partial charge is 0.172 e. The Kier molecular flexibility index (Phi) is 13.2. The number of benzene rings is 6. The fourth-order valence-corrected chi connectivity index (χ4v) is 8.01. The molecule has 7 heteroatoms. The van der Waals surface area contributed by atoms with Crippen molar-refractivity contribution in [1.82, 2.24) is 0 Å². The van der Waals surface area contributed by atoms with Gasteiger partial charge in [-0.2, -0.15) is 18.2 Å². The van der Waals surface area contributed by atoms with E-state index in [4.69, 9.17) is 0 Å². The SMILES string of the molecule is CC(C)(C)c1cc2c(cc1-c1ccccc1)[cH-]c1cc(-c3ccccc3)c(C(C)(C)C)cc12.FC(F)(F)c1cccc([C](=[Zr+2])c2cccc(C(F)(F)F)c2)c1.c1cc[cH-]c1. The van der Waals surface area contributed by atoms with E-state index in [2.05, 4.69) is 133 Å². The maximum Gasteiger partial charge on any atom is -0.172 e. The van der Waals surface area contributed by atoms with Crippen LogP contribution in [-0.4, -0.2) is 3.21 Å². The summed E-state index contributed by atoms with van der Waals surface area (Å²) in [6.07, 6.45) is -8.97. The van der Waals surface area contributed by atoms with E-state index in [1.807, 2.05) is 30.3 Å². The number of fused-ring (bicyclic) bond motifs is 3. The molecule has 0 heterocycles. The topological polar surface area (TPSA) is 0 Å². The van der Waals surface area contributed by atoms with E-state index in [9.17, 15) is 26.3 Å². The normalized spacial score (nSPS) is 12.1.